The summed E-state index contributed by atoms with van der Waals surface area (Å²) in [6.45, 7) is 9.85. The molecule has 0 radical (unpaired) electrons. The SMILES string of the molecule is CC=C(C)C(=O)O[C@@H]1C(=O)C(CO)=C[C@@H](OC(=O)C(C)=CC)[C@H]1C(C)C. The molecule has 144 valence electrons. The summed E-state index contributed by atoms with van der Waals surface area (Å²) in [4.78, 5) is 37.0. The molecule has 1 N–H and O–H groups in total. The lowest BCUT2D eigenvalue weighted by Crippen LogP contribution is -2.49. The molecule has 6 heteroatoms. The van der Waals surface area contributed by atoms with Gasteiger partial charge in [0.25, 0.3) is 0 Å². The predicted molar refractivity (Wildman–Crippen MR) is 97.1 cm³/mol. The molecule has 0 amide bonds. The van der Waals surface area contributed by atoms with E-state index in [2.05, 4.69) is 0 Å². The molecular formula is C20H28O6. The number of ketones is 1. The Morgan fingerprint density at radius 1 is 1.12 bits per heavy atom. The van der Waals surface area contributed by atoms with Crippen LogP contribution < -0.4 is 0 Å². The number of Topliss-reactive ketones (excluding diaryl/α,β-unsaturated/α-hetero) is 1. The highest BCUT2D eigenvalue weighted by Crippen LogP contribution is 2.33. The van der Waals surface area contributed by atoms with Gasteiger partial charge in [-0.05, 0) is 39.7 Å². The van der Waals surface area contributed by atoms with E-state index in [1.807, 2.05) is 13.8 Å². The maximum absolute atomic E-state index is 12.7. The molecular weight excluding hydrogens is 336 g/mol. The molecule has 0 saturated carbocycles. The Morgan fingerprint density at radius 3 is 2.04 bits per heavy atom. The van der Waals surface area contributed by atoms with Crippen LogP contribution in [0.15, 0.2) is 34.9 Å². The number of hydrogen-bond donors (Lipinski definition) is 1. The number of carbonyl (C=O) groups excluding carboxylic acids is 3. The summed E-state index contributed by atoms with van der Waals surface area (Å²) < 4.78 is 11.0. The van der Waals surface area contributed by atoms with Crippen LogP contribution >= 0.6 is 0 Å². The fourth-order valence-corrected chi connectivity index (χ4v) is 2.69. The van der Waals surface area contributed by atoms with E-state index in [0.717, 1.165) is 0 Å². The lowest BCUT2D eigenvalue weighted by Gasteiger charge is -2.37. The van der Waals surface area contributed by atoms with Gasteiger partial charge in [0.05, 0.1) is 6.61 Å². The van der Waals surface area contributed by atoms with Crippen molar-refractivity contribution in [2.75, 3.05) is 6.61 Å². The van der Waals surface area contributed by atoms with Crippen LogP contribution in [-0.4, -0.2) is 41.6 Å². The second-order valence-electron chi connectivity index (χ2n) is 6.67. The number of carbonyl (C=O) groups is 3. The second kappa shape index (κ2) is 9.48. The zero-order chi connectivity index (χ0) is 20.0. The first-order chi connectivity index (χ1) is 12.2. The molecule has 0 aromatic heterocycles. The van der Waals surface area contributed by atoms with Crippen LogP contribution in [0.4, 0.5) is 0 Å². The van der Waals surface area contributed by atoms with E-state index in [1.165, 1.54) is 6.08 Å². The third-order valence-corrected chi connectivity index (χ3v) is 4.60. The van der Waals surface area contributed by atoms with Crippen LogP contribution in [0.3, 0.4) is 0 Å². The summed E-state index contributed by atoms with van der Waals surface area (Å²) in [7, 11) is 0. The zero-order valence-electron chi connectivity index (χ0n) is 16.2. The molecule has 0 saturated heterocycles. The second-order valence-corrected chi connectivity index (χ2v) is 6.67. The lowest BCUT2D eigenvalue weighted by atomic mass is 9.77. The smallest absolute Gasteiger partial charge is 0.334 e. The zero-order valence-corrected chi connectivity index (χ0v) is 16.2. The first-order valence-corrected chi connectivity index (χ1v) is 8.71. The minimum atomic E-state index is -1.12. The Hall–Kier alpha value is -2.21. The first-order valence-electron chi connectivity index (χ1n) is 8.71. The van der Waals surface area contributed by atoms with Crippen molar-refractivity contribution in [3.63, 3.8) is 0 Å². The van der Waals surface area contributed by atoms with Gasteiger partial charge in [-0.2, -0.15) is 0 Å². The van der Waals surface area contributed by atoms with Crippen molar-refractivity contribution in [2.45, 2.75) is 53.8 Å². The highest BCUT2D eigenvalue weighted by molar-refractivity contribution is 6.02. The minimum Gasteiger partial charge on any atom is -0.454 e. The summed E-state index contributed by atoms with van der Waals surface area (Å²) in [5, 5.41) is 9.51. The Labute approximate surface area is 154 Å². The lowest BCUT2D eigenvalue weighted by molar-refractivity contribution is -0.163. The Balaban J connectivity index is 3.27. The third kappa shape index (κ3) is 4.91. The number of ether oxygens (including phenoxy) is 2. The maximum atomic E-state index is 12.7. The van der Waals surface area contributed by atoms with Crippen LogP contribution in [0.5, 0.6) is 0 Å². The van der Waals surface area contributed by atoms with Crippen LogP contribution in [0.2, 0.25) is 0 Å². The normalized spacial score (nSPS) is 24.4. The molecule has 1 aliphatic carbocycles. The van der Waals surface area contributed by atoms with Crippen molar-refractivity contribution in [3.8, 4) is 0 Å². The molecule has 0 aliphatic heterocycles. The number of aliphatic hydroxyl groups excluding tert-OH is 1. The highest BCUT2D eigenvalue weighted by atomic mass is 16.6. The van der Waals surface area contributed by atoms with Crippen LogP contribution in [0, 0.1) is 11.8 Å². The molecule has 0 bridgehead atoms. The topological polar surface area (TPSA) is 89.9 Å². The molecule has 26 heavy (non-hydrogen) atoms. The van der Waals surface area contributed by atoms with E-state index in [9.17, 15) is 19.5 Å². The molecule has 0 unspecified atom stereocenters. The van der Waals surface area contributed by atoms with Crippen molar-refractivity contribution in [2.24, 2.45) is 11.8 Å². The molecule has 0 heterocycles. The number of aliphatic hydroxyl groups is 1. The highest BCUT2D eigenvalue weighted by Gasteiger charge is 2.45. The Kier molecular flexibility index (Phi) is 7.96. The van der Waals surface area contributed by atoms with Gasteiger partial charge in [0, 0.05) is 22.6 Å². The summed E-state index contributed by atoms with van der Waals surface area (Å²) in [6, 6.07) is 0. The quantitative estimate of drug-likeness (QED) is 0.575. The monoisotopic (exact) mass is 364 g/mol. The largest absolute Gasteiger partial charge is 0.454 e. The van der Waals surface area contributed by atoms with Gasteiger partial charge < -0.3 is 14.6 Å². The number of hydrogen-bond acceptors (Lipinski definition) is 6. The molecule has 0 aromatic rings. The van der Waals surface area contributed by atoms with Crippen molar-refractivity contribution in [1.29, 1.82) is 0 Å². The van der Waals surface area contributed by atoms with Gasteiger partial charge in [-0.1, -0.05) is 26.0 Å². The van der Waals surface area contributed by atoms with Gasteiger partial charge in [-0.15, -0.1) is 0 Å². The van der Waals surface area contributed by atoms with Crippen molar-refractivity contribution < 1.29 is 29.0 Å². The summed E-state index contributed by atoms with van der Waals surface area (Å²) in [5.74, 6) is -2.23. The fourth-order valence-electron chi connectivity index (χ4n) is 2.69. The summed E-state index contributed by atoms with van der Waals surface area (Å²) in [6.07, 6.45) is 2.79. The van der Waals surface area contributed by atoms with Crippen LogP contribution in [0.1, 0.15) is 41.5 Å². The molecule has 6 nitrogen and oxygen atoms in total. The minimum absolute atomic E-state index is 0.0776. The Morgan fingerprint density at radius 2 is 1.62 bits per heavy atom. The average molecular weight is 364 g/mol. The number of rotatable bonds is 6. The van der Waals surface area contributed by atoms with E-state index >= 15 is 0 Å². The number of allylic oxidation sites excluding steroid dienone is 2. The van der Waals surface area contributed by atoms with Gasteiger partial charge in [-0.25, -0.2) is 9.59 Å². The van der Waals surface area contributed by atoms with Crippen molar-refractivity contribution in [1.82, 2.24) is 0 Å². The predicted octanol–water partition coefficient (Wildman–Crippen LogP) is 2.52. The van der Waals surface area contributed by atoms with Gasteiger partial charge in [-0.3, -0.25) is 4.79 Å². The number of esters is 2. The van der Waals surface area contributed by atoms with Gasteiger partial charge in [0.15, 0.2) is 6.10 Å². The standard InChI is InChI=1S/C20H28O6/c1-7-12(5)19(23)25-15-9-14(10-21)17(22)18(16(15)11(3)4)26-20(24)13(6)8-2/h7-9,11,15-16,18,21H,10H2,1-6H3/t15-,16-,18+/m1/s1. The van der Waals surface area contributed by atoms with E-state index in [1.54, 1.807) is 39.8 Å². The van der Waals surface area contributed by atoms with Crippen LogP contribution in [0.25, 0.3) is 0 Å². The Bertz CT molecular complexity index is 653. The van der Waals surface area contributed by atoms with E-state index in [-0.39, 0.29) is 11.5 Å². The fraction of sp³-hybridized carbons (Fsp3) is 0.550. The maximum Gasteiger partial charge on any atom is 0.334 e. The third-order valence-electron chi connectivity index (χ3n) is 4.60. The van der Waals surface area contributed by atoms with Crippen molar-refractivity contribution >= 4 is 17.7 Å². The average Bonchev–Trinajstić information content (AvgIpc) is 2.61. The van der Waals surface area contributed by atoms with E-state index in [4.69, 9.17) is 9.47 Å². The molecule has 0 fully saturated rings. The summed E-state index contributed by atoms with van der Waals surface area (Å²) in [5.41, 5.74) is 0.883. The molecule has 1 rings (SSSR count). The first kappa shape index (κ1) is 21.8. The summed E-state index contributed by atoms with van der Waals surface area (Å²) >= 11 is 0. The van der Waals surface area contributed by atoms with Crippen molar-refractivity contribution in [3.05, 3.63) is 34.9 Å². The molecule has 3 atom stereocenters. The molecule has 1 aliphatic rings. The molecule has 0 spiro atoms. The van der Waals surface area contributed by atoms with E-state index < -0.39 is 42.5 Å². The van der Waals surface area contributed by atoms with E-state index in [0.29, 0.717) is 11.1 Å². The molecule has 0 aromatic carbocycles. The van der Waals surface area contributed by atoms with Crippen LogP contribution in [-0.2, 0) is 23.9 Å². The van der Waals surface area contributed by atoms with Gasteiger partial charge >= 0.3 is 11.9 Å². The van der Waals surface area contributed by atoms with Gasteiger partial charge in [0.2, 0.25) is 5.78 Å². The van der Waals surface area contributed by atoms with Gasteiger partial charge in [0.1, 0.15) is 6.10 Å².